The second kappa shape index (κ2) is 10.5. The van der Waals surface area contributed by atoms with Crippen LogP contribution in [0.3, 0.4) is 0 Å². The molecule has 0 bridgehead atoms. The normalized spacial score (nSPS) is 25.1. The largest absolute Gasteiger partial charge is 0.486 e. The fraction of sp³-hybridized carbons (Fsp3) is 0.625. The van der Waals surface area contributed by atoms with Crippen molar-refractivity contribution in [3.05, 3.63) is 40.1 Å². The van der Waals surface area contributed by atoms with E-state index < -0.39 is 41.4 Å². The van der Waals surface area contributed by atoms with Crippen molar-refractivity contribution in [3.8, 4) is 5.75 Å². The molecule has 1 aliphatic carbocycles. The van der Waals surface area contributed by atoms with Gasteiger partial charge in [-0.05, 0) is 37.7 Å². The number of carbonyl (C=O) groups is 1. The molecule has 0 aromatic carbocycles. The highest BCUT2D eigenvalue weighted by Gasteiger charge is 2.42. The van der Waals surface area contributed by atoms with E-state index in [0.29, 0.717) is 44.3 Å². The molecule has 0 radical (unpaired) electrons. The SMILES string of the molecule is CC(COC1CCN(C2CCN(c3ncc(C4CC4)cn3)CC2O)C1=O)Oc1cn[nH]c(=O)c1C(F)(F)F. The van der Waals surface area contributed by atoms with Crippen molar-refractivity contribution in [1.82, 2.24) is 25.1 Å². The number of piperidine rings is 1. The molecule has 14 heteroatoms. The zero-order chi connectivity index (χ0) is 27.0. The minimum atomic E-state index is -4.92. The zero-order valence-electron chi connectivity index (χ0n) is 20.7. The van der Waals surface area contributed by atoms with E-state index in [2.05, 4.69) is 15.1 Å². The molecule has 206 valence electrons. The van der Waals surface area contributed by atoms with Crippen LogP contribution >= 0.6 is 0 Å². The molecule has 2 aromatic heterocycles. The van der Waals surface area contributed by atoms with Crippen LogP contribution in [-0.4, -0.2) is 86.7 Å². The molecule has 11 nitrogen and oxygen atoms in total. The predicted octanol–water partition coefficient (Wildman–Crippen LogP) is 1.48. The van der Waals surface area contributed by atoms with Gasteiger partial charge >= 0.3 is 6.18 Å². The van der Waals surface area contributed by atoms with Gasteiger partial charge in [-0.25, -0.2) is 15.1 Å². The average molecular weight is 539 g/mol. The van der Waals surface area contributed by atoms with Gasteiger partial charge in [0.2, 0.25) is 5.95 Å². The van der Waals surface area contributed by atoms with Gasteiger partial charge < -0.3 is 24.4 Å². The Morgan fingerprint density at radius 3 is 2.53 bits per heavy atom. The first-order chi connectivity index (χ1) is 18.1. The van der Waals surface area contributed by atoms with Crippen molar-refractivity contribution in [3.63, 3.8) is 0 Å². The number of β-amino-alcohol motifs (C(OH)–C–C–N with tert-alkyl or cyclic N) is 1. The first-order valence-corrected chi connectivity index (χ1v) is 12.6. The number of carbonyl (C=O) groups excluding carboxylic acids is 1. The lowest BCUT2D eigenvalue weighted by Gasteiger charge is -2.40. The predicted molar refractivity (Wildman–Crippen MR) is 127 cm³/mol. The fourth-order valence-corrected chi connectivity index (χ4v) is 4.99. The minimum absolute atomic E-state index is 0.177. The number of amides is 1. The minimum Gasteiger partial charge on any atom is -0.486 e. The molecule has 4 unspecified atom stereocenters. The van der Waals surface area contributed by atoms with Crippen molar-refractivity contribution in [2.24, 2.45) is 0 Å². The standard InChI is InChI=1S/C24H29F3N6O5/c1-13(38-19-10-30-31-21(35)20(19)24(25,26)27)12-37-18-5-7-33(22(18)36)16-4-6-32(11-17(16)34)23-28-8-15(9-29-23)14-2-3-14/h8-10,13-14,16-18,34H,2-7,11-12H2,1H3,(H,31,35). The Morgan fingerprint density at radius 1 is 1.13 bits per heavy atom. The maximum absolute atomic E-state index is 13.2. The molecule has 4 atom stereocenters. The van der Waals surface area contributed by atoms with Gasteiger partial charge in [0.1, 0.15) is 12.2 Å². The van der Waals surface area contributed by atoms with Crippen LogP contribution in [0, 0.1) is 0 Å². The molecule has 5 rings (SSSR count). The number of nitrogens with zero attached hydrogens (tertiary/aromatic N) is 5. The van der Waals surface area contributed by atoms with Gasteiger partial charge in [-0.3, -0.25) is 9.59 Å². The summed E-state index contributed by atoms with van der Waals surface area (Å²) in [6.45, 7) is 2.56. The third-order valence-electron chi connectivity index (χ3n) is 7.09. The number of anilines is 1. The number of ether oxygens (including phenoxy) is 2. The van der Waals surface area contributed by atoms with Crippen LogP contribution in [0.1, 0.15) is 49.7 Å². The molecule has 3 fully saturated rings. The molecule has 2 N–H and O–H groups in total. The number of likely N-dealkylation sites (tertiary alicyclic amines) is 1. The highest BCUT2D eigenvalue weighted by atomic mass is 19.4. The topological polar surface area (TPSA) is 134 Å². The van der Waals surface area contributed by atoms with E-state index in [4.69, 9.17) is 9.47 Å². The lowest BCUT2D eigenvalue weighted by molar-refractivity contribution is -0.143. The summed E-state index contributed by atoms with van der Waals surface area (Å²) in [5, 5.41) is 16.0. The number of H-pyrrole nitrogens is 1. The highest BCUT2D eigenvalue weighted by molar-refractivity contribution is 5.83. The molecular formula is C24H29F3N6O5. The summed E-state index contributed by atoms with van der Waals surface area (Å²) in [5.41, 5.74) is -1.75. The van der Waals surface area contributed by atoms with Crippen molar-refractivity contribution in [1.29, 1.82) is 0 Å². The fourth-order valence-electron chi connectivity index (χ4n) is 4.99. The van der Waals surface area contributed by atoms with Gasteiger partial charge in [0.05, 0.1) is 24.9 Å². The molecular weight excluding hydrogens is 509 g/mol. The molecule has 1 saturated carbocycles. The molecule has 3 aliphatic rings. The summed E-state index contributed by atoms with van der Waals surface area (Å²) in [4.78, 5) is 37.0. The molecule has 2 aromatic rings. The Hall–Kier alpha value is -3.26. The number of rotatable bonds is 8. The van der Waals surface area contributed by atoms with Crippen LogP contribution in [0.4, 0.5) is 19.1 Å². The van der Waals surface area contributed by atoms with Gasteiger partial charge in [-0.1, -0.05) is 0 Å². The first-order valence-electron chi connectivity index (χ1n) is 12.6. The van der Waals surface area contributed by atoms with E-state index in [1.54, 1.807) is 10.00 Å². The van der Waals surface area contributed by atoms with Gasteiger partial charge in [-0.2, -0.15) is 18.3 Å². The summed E-state index contributed by atoms with van der Waals surface area (Å²) >= 11 is 0. The summed E-state index contributed by atoms with van der Waals surface area (Å²) in [6, 6.07) is -0.386. The third-order valence-corrected chi connectivity index (χ3v) is 7.09. The van der Waals surface area contributed by atoms with E-state index in [0.717, 1.165) is 24.6 Å². The number of nitrogens with one attached hydrogen (secondary N) is 1. The van der Waals surface area contributed by atoms with Crippen LogP contribution in [0.15, 0.2) is 23.4 Å². The quantitative estimate of drug-likeness (QED) is 0.513. The van der Waals surface area contributed by atoms with Gasteiger partial charge in [0.15, 0.2) is 11.3 Å². The average Bonchev–Trinajstić information content (AvgIpc) is 3.65. The Morgan fingerprint density at radius 2 is 1.87 bits per heavy atom. The second-order valence-electron chi connectivity index (χ2n) is 9.97. The molecule has 1 amide bonds. The van der Waals surface area contributed by atoms with Crippen LogP contribution in [0.25, 0.3) is 0 Å². The van der Waals surface area contributed by atoms with Crippen molar-refractivity contribution in [2.75, 3.05) is 31.1 Å². The van der Waals surface area contributed by atoms with E-state index in [1.165, 1.54) is 6.92 Å². The number of hydrogen-bond donors (Lipinski definition) is 2. The van der Waals surface area contributed by atoms with Crippen LogP contribution < -0.4 is 15.2 Å². The Bertz CT molecular complexity index is 1210. The van der Waals surface area contributed by atoms with E-state index >= 15 is 0 Å². The van der Waals surface area contributed by atoms with Crippen molar-refractivity contribution < 1.29 is 32.5 Å². The van der Waals surface area contributed by atoms with Crippen molar-refractivity contribution >= 4 is 11.9 Å². The number of halogens is 3. The summed E-state index contributed by atoms with van der Waals surface area (Å²) in [5.74, 6) is 0.119. The van der Waals surface area contributed by atoms with Gasteiger partial charge in [0, 0.05) is 38.4 Å². The smallest absolute Gasteiger partial charge is 0.425 e. The van der Waals surface area contributed by atoms with Crippen LogP contribution in [-0.2, 0) is 15.7 Å². The van der Waals surface area contributed by atoms with Crippen LogP contribution in [0.2, 0.25) is 0 Å². The monoisotopic (exact) mass is 538 g/mol. The lowest BCUT2D eigenvalue weighted by Crippen LogP contribution is -2.55. The van der Waals surface area contributed by atoms with E-state index in [9.17, 15) is 27.9 Å². The summed E-state index contributed by atoms with van der Waals surface area (Å²) < 4.78 is 50.6. The molecule has 0 spiro atoms. The molecule has 38 heavy (non-hydrogen) atoms. The zero-order valence-corrected chi connectivity index (χ0v) is 20.7. The number of aliphatic hydroxyl groups is 1. The van der Waals surface area contributed by atoms with Gasteiger partial charge in [0.25, 0.3) is 11.5 Å². The Balaban J connectivity index is 1.13. The Kier molecular flexibility index (Phi) is 7.27. The van der Waals surface area contributed by atoms with Crippen molar-refractivity contribution in [2.45, 2.75) is 69.1 Å². The van der Waals surface area contributed by atoms with Gasteiger partial charge in [-0.15, -0.1) is 0 Å². The first kappa shape index (κ1) is 26.4. The number of alkyl halides is 3. The third kappa shape index (κ3) is 5.60. The summed E-state index contributed by atoms with van der Waals surface area (Å²) in [6.07, 6.45) is 0.288. The molecule has 2 aliphatic heterocycles. The number of hydrogen-bond acceptors (Lipinski definition) is 9. The maximum atomic E-state index is 13.2. The van der Waals surface area contributed by atoms with Crippen LogP contribution in [0.5, 0.6) is 5.75 Å². The van der Waals surface area contributed by atoms with E-state index in [-0.39, 0.29) is 18.6 Å². The highest BCUT2D eigenvalue weighted by Crippen LogP contribution is 2.39. The number of aliphatic hydroxyl groups excluding tert-OH is 1. The lowest BCUT2D eigenvalue weighted by atomic mass is 10.0. The second-order valence-corrected chi connectivity index (χ2v) is 9.97. The van der Waals surface area contributed by atoms with E-state index in [1.807, 2.05) is 17.3 Å². The molecule has 4 heterocycles. The number of aromatic nitrogens is 4. The summed E-state index contributed by atoms with van der Waals surface area (Å²) in [7, 11) is 0. The maximum Gasteiger partial charge on any atom is 0.425 e. The molecule has 2 saturated heterocycles. The number of aromatic amines is 1. The Labute approximate surface area is 216 Å².